The maximum Gasteiger partial charge on any atom is 0.170 e. The lowest BCUT2D eigenvalue weighted by Crippen LogP contribution is -2.41. The number of nitrogens with zero attached hydrogens (tertiary/aromatic N) is 1. The van der Waals surface area contributed by atoms with Crippen LogP contribution in [0.15, 0.2) is 0 Å². The van der Waals surface area contributed by atoms with Crippen molar-refractivity contribution in [2.45, 2.75) is 33.0 Å². The first-order valence-corrected chi connectivity index (χ1v) is 6.74. The summed E-state index contributed by atoms with van der Waals surface area (Å²) in [6.45, 7) is 9.49. The summed E-state index contributed by atoms with van der Waals surface area (Å²) in [5, 5.41) is 0. The summed E-state index contributed by atoms with van der Waals surface area (Å²) in [7, 11) is 1.78. The van der Waals surface area contributed by atoms with Crippen LogP contribution in [-0.2, 0) is 14.2 Å². The van der Waals surface area contributed by atoms with E-state index >= 15 is 0 Å². The minimum absolute atomic E-state index is 0.0658. The number of likely N-dealkylation sites (tertiary alicyclic amines) is 1. The summed E-state index contributed by atoms with van der Waals surface area (Å²) in [6, 6.07) is 0. The molecule has 0 aromatic heterocycles. The maximum atomic E-state index is 5.57. The van der Waals surface area contributed by atoms with Crippen LogP contribution >= 0.6 is 0 Å². The van der Waals surface area contributed by atoms with Crippen LogP contribution in [0.1, 0.15) is 26.7 Å². The zero-order chi connectivity index (χ0) is 12.5. The minimum Gasteiger partial charge on any atom is -0.384 e. The van der Waals surface area contributed by atoms with Gasteiger partial charge in [-0.2, -0.15) is 0 Å². The zero-order valence-corrected chi connectivity index (χ0v) is 11.5. The van der Waals surface area contributed by atoms with Gasteiger partial charge in [0.1, 0.15) is 0 Å². The van der Waals surface area contributed by atoms with Gasteiger partial charge in [-0.15, -0.1) is 0 Å². The van der Waals surface area contributed by atoms with Gasteiger partial charge in [-0.1, -0.05) is 0 Å². The molecule has 0 N–H and O–H groups in total. The van der Waals surface area contributed by atoms with Crippen LogP contribution in [0.2, 0.25) is 0 Å². The summed E-state index contributed by atoms with van der Waals surface area (Å²) in [6.07, 6.45) is 2.38. The van der Waals surface area contributed by atoms with Crippen molar-refractivity contribution < 1.29 is 14.2 Å². The van der Waals surface area contributed by atoms with Crippen LogP contribution < -0.4 is 0 Å². The quantitative estimate of drug-likeness (QED) is 0.610. The van der Waals surface area contributed by atoms with Gasteiger partial charge in [0.15, 0.2) is 6.29 Å². The van der Waals surface area contributed by atoms with Gasteiger partial charge in [0, 0.05) is 33.5 Å². The van der Waals surface area contributed by atoms with Gasteiger partial charge in [-0.3, -0.25) is 4.90 Å². The average Bonchev–Trinajstić information content (AvgIpc) is 2.33. The highest BCUT2D eigenvalue weighted by Crippen LogP contribution is 2.17. The normalized spacial score (nSPS) is 19.1. The van der Waals surface area contributed by atoms with E-state index in [1.807, 2.05) is 13.8 Å². The molecule has 0 amide bonds. The van der Waals surface area contributed by atoms with E-state index in [0.29, 0.717) is 13.2 Å². The molecule has 0 unspecified atom stereocenters. The van der Waals surface area contributed by atoms with Crippen LogP contribution in [0.3, 0.4) is 0 Å². The molecule has 4 nitrogen and oxygen atoms in total. The first kappa shape index (κ1) is 14.9. The fraction of sp³-hybridized carbons (Fsp3) is 1.00. The highest BCUT2D eigenvalue weighted by atomic mass is 16.7. The zero-order valence-electron chi connectivity index (χ0n) is 11.5. The van der Waals surface area contributed by atoms with Crippen molar-refractivity contribution in [2.24, 2.45) is 5.92 Å². The van der Waals surface area contributed by atoms with Gasteiger partial charge in [0.25, 0.3) is 0 Å². The number of ether oxygens (including phenoxy) is 3. The molecule has 1 aliphatic heterocycles. The van der Waals surface area contributed by atoms with E-state index in [1.54, 1.807) is 7.11 Å². The smallest absolute Gasteiger partial charge is 0.170 e. The predicted octanol–water partition coefficient (Wildman–Crippen LogP) is 1.74. The second-order valence-electron chi connectivity index (χ2n) is 4.54. The average molecular weight is 245 g/mol. The van der Waals surface area contributed by atoms with E-state index in [2.05, 4.69) is 4.90 Å². The Hall–Kier alpha value is -0.160. The Balaban J connectivity index is 2.22. The van der Waals surface area contributed by atoms with Crippen LogP contribution in [0.25, 0.3) is 0 Å². The number of piperidine rings is 1. The highest BCUT2D eigenvalue weighted by molar-refractivity contribution is 4.72. The number of hydrogen-bond donors (Lipinski definition) is 0. The molecule has 0 atom stereocenters. The molecular weight excluding hydrogens is 218 g/mol. The summed E-state index contributed by atoms with van der Waals surface area (Å²) < 4.78 is 16.3. The molecule has 1 aliphatic rings. The van der Waals surface area contributed by atoms with Gasteiger partial charge in [0.2, 0.25) is 0 Å². The number of methoxy groups -OCH3 is 1. The molecule has 0 saturated carbocycles. The van der Waals surface area contributed by atoms with Gasteiger partial charge in [-0.05, 0) is 45.7 Å². The maximum absolute atomic E-state index is 5.57. The van der Waals surface area contributed by atoms with Crippen LogP contribution in [0.4, 0.5) is 0 Å². The lowest BCUT2D eigenvalue weighted by Gasteiger charge is -2.33. The van der Waals surface area contributed by atoms with E-state index in [1.165, 1.54) is 12.8 Å². The molecule has 4 heteroatoms. The number of hydrogen-bond acceptors (Lipinski definition) is 4. The third-order valence-corrected chi connectivity index (χ3v) is 3.22. The summed E-state index contributed by atoms with van der Waals surface area (Å²) >= 11 is 0. The van der Waals surface area contributed by atoms with Crippen molar-refractivity contribution in [1.29, 1.82) is 0 Å². The van der Waals surface area contributed by atoms with E-state index in [9.17, 15) is 0 Å². The molecule has 0 aromatic carbocycles. The topological polar surface area (TPSA) is 30.9 Å². The highest BCUT2D eigenvalue weighted by Gasteiger charge is 2.21. The lowest BCUT2D eigenvalue weighted by molar-refractivity contribution is -0.149. The first-order valence-electron chi connectivity index (χ1n) is 6.74. The van der Waals surface area contributed by atoms with Gasteiger partial charge in [0.05, 0.1) is 0 Å². The van der Waals surface area contributed by atoms with Crippen molar-refractivity contribution >= 4 is 0 Å². The molecule has 102 valence electrons. The molecule has 1 rings (SSSR count). The molecule has 0 aromatic rings. The van der Waals surface area contributed by atoms with Crippen molar-refractivity contribution in [3.63, 3.8) is 0 Å². The van der Waals surface area contributed by atoms with Gasteiger partial charge >= 0.3 is 0 Å². The monoisotopic (exact) mass is 245 g/mol. The molecule has 0 aliphatic carbocycles. The van der Waals surface area contributed by atoms with E-state index in [-0.39, 0.29) is 6.29 Å². The molecule has 0 radical (unpaired) electrons. The van der Waals surface area contributed by atoms with Crippen LogP contribution in [0.5, 0.6) is 0 Å². The molecule has 0 bridgehead atoms. The van der Waals surface area contributed by atoms with Crippen LogP contribution in [0, 0.1) is 5.92 Å². The SMILES string of the molecule is CCOC(CN1CCC(COC)CC1)OCC. The predicted molar refractivity (Wildman–Crippen MR) is 68.1 cm³/mol. The third-order valence-electron chi connectivity index (χ3n) is 3.22. The Labute approximate surface area is 105 Å². The Morgan fingerprint density at radius 3 is 2.18 bits per heavy atom. The molecule has 1 saturated heterocycles. The van der Waals surface area contributed by atoms with E-state index in [4.69, 9.17) is 14.2 Å². The molecule has 0 spiro atoms. The Morgan fingerprint density at radius 1 is 1.12 bits per heavy atom. The summed E-state index contributed by atoms with van der Waals surface area (Å²) in [4.78, 5) is 2.43. The van der Waals surface area contributed by atoms with Gasteiger partial charge in [-0.25, -0.2) is 0 Å². The third kappa shape index (κ3) is 5.82. The van der Waals surface area contributed by atoms with E-state index < -0.39 is 0 Å². The summed E-state index contributed by atoms with van der Waals surface area (Å²) in [5.74, 6) is 0.730. The fourth-order valence-electron chi connectivity index (χ4n) is 2.31. The Kier molecular flexibility index (Phi) is 7.77. The van der Waals surface area contributed by atoms with Crippen LogP contribution in [-0.4, -0.2) is 57.8 Å². The number of rotatable bonds is 8. The molecule has 17 heavy (non-hydrogen) atoms. The molecule has 1 heterocycles. The second-order valence-corrected chi connectivity index (χ2v) is 4.54. The largest absolute Gasteiger partial charge is 0.384 e. The van der Waals surface area contributed by atoms with E-state index in [0.717, 1.165) is 32.2 Å². The second kappa shape index (κ2) is 8.86. The van der Waals surface area contributed by atoms with Crippen molar-refractivity contribution in [1.82, 2.24) is 4.90 Å². The van der Waals surface area contributed by atoms with Gasteiger partial charge < -0.3 is 14.2 Å². The molecule has 1 fully saturated rings. The summed E-state index contributed by atoms with van der Waals surface area (Å²) in [5.41, 5.74) is 0. The minimum atomic E-state index is -0.0658. The van der Waals surface area contributed by atoms with Crippen molar-refractivity contribution in [3.8, 4) is 0 Å². The fourth-order valence-corrected chi connectivity index (χ4v) is 2.31. The van der Waals surface area contributed by atoms with Crippen molar-refractivity contribution in [3.05, 3.63) is 0 Å². The molecular formula is C13H27NO3. The Morgan fingerprint density at radius 2 is 1.71 bits per heavy atom. The lowest BCUT2D eigenvalue weighted by atomic mass is 9.98. The standard InChI is InChI=1S/C13H27NO3/c1-4-16-13(17-5-2)10-14-8-6-12(7-9-14)11-15-3/h12-13H,4-11H2,1-3H3. The first-order chi connectivity index (χ1) is 8.30. The van der Waals surface area contributed by atoms with Crippen molar-refractivity contribution in [2.75, 3.05) is 46.6 Å². The Bertz CT molecular complexity index is 176.